The highest BCUT2D eigenvalue weighted by molar-refractivity contribution is 4.74. The Balaban J connectivity index is 2.39. The minimum atomic E-state index is -1.88. The third-order valence-electron chi connectivity index (χ3n) is 1.19. The molecule has 0 amide bonds. The summed E-state index contributed by atoms with van der Waals surface area (Å²) >= 11 is 0. The molecule has 0 saturated carbocycles. The van der Waals surface area contributed by atoms with E-state index in [1.807, 2.05) is 6.42 Å². The van der Waals surface area contributed by atoms with Gasteiger partial charge in [0.2, 0.25) is 0 Å². The smallest absolute Gasteiger partial charge is 0.0394 e. The van der Waals surface area contributed by atoms with Gasteiger partial charge in [-0.15, -0.1) is 0 Å². The van der Waals surface area contributed by atoms with Gasteiger partial charge >= 0.3 is 0 Å². The zero-order valence-corrected chi connectivity index (χ0v) is 4.35. The van der Waals surface area contributed by atoms with Gasteiger partial charge in [-0.3, -0.25) is 0 Å². The first-order valence-electron chi connectivity index (χ1n) is 4.17. The van der Waals surface area contributed by atoms with Crippen LogP contribution in [0.4, 0.5) is 0 Å². The predicted octanol–water partition coefficient (Wildman–Crippen LogP) is 0.916. The van der Waals surface area contributed by atoms with Gasteiger partial charge in [-0.1, -0.05) is 0 Å². The van der Waals surface area contributed by atoms with Gasteiger partial charge in [0, 0.05) is 10.7 Å². The van der Waals surface area contributed by atoms with Crippen LogP contribution < -0.4 is 0 Å². The van der Waals surface area contributed by atoms with Crippen LogP contribution in [0.2, 0.25) is 0 Å². The number of likely N-dealkylation sites (tertiary alicyclic amines) is 1. The van der Waals surface area contributed by atoms with E-state index in [0.717, 1.165) is 12.8 Å². The van der Waals surface area contributed by atoms with Crippen LogP contribution >= 0.6 is 0 Å². The monoisotopic (exact) mass is 101 g/mol. The average molecular weight is 101 g/mol. The fraction of sp³-hybridized carbons (Fsp3) is 0.833. The maximum absolute atomic E-state index is 7.07. The zero-order valence-electron chi connectivity index (χ0n) is 7.35. The molecule has 1 rings (SSSR count). The van der Waals surface area contributed by atoms with E-state index in [0.29, 0.717) is 13.1 Å². The first kappa shape index (κ1) is 2.49. The van der Waals surface area contributed by atoms with Crippen LogP contribution in [0.3, 0.4) is 0 Å². The van der Waals surface area contributed by atoms with Gasteiger partial charge in [-0.2, -0.15) is 0 Å². The lowest BCUT2D eigenvalue weighted by Crippen LogP contribution is -2.25. The topological polar surface area (TPSA) is 3.24 Å². The molecule has 1 radical (unpaired) electrons. The summed E-state index contributed by atoms with van der Waals surface area (Å²) in [6, 6.07) is 0. The third kappa shape index (κ3) is 1.48. The Morgan fingerprint density at radius 3 is 3.29 bits per heavy atom. The molecule has 0 aliphatic carbocycles. The molecule has 41 valence electrons. The Morgan fingerprint density at radius 1 is 1.86 bits per heavy atom. The van der Waals surface area contributed by atoms with E-state index >= 15 is 0 Å². The van der Waals surface area contributed by atoms with Crippen molar-refractivity contribution in [2.24, 2.45) is 0 Å². The van der Waals surface area contributed by atoms with E-state index in [2.05, 4.69) is 0 Å². The van der Waals surface area contributed by atoms with Gasteiger partial charge in [-0.05, 0) is 32.8 Å². The van der Waals surface area contributed by atoms with Crippen molar-refractivity contribution in [2.45, 2.75) is 12.8 Å². The molecule has 1 nitrogen and oxygen atoms in total. The zero-order chi connectivity index (χ0) is 7.61. The first-order chi connectivity index (χ1) is 4.61. The minimum absolute atomic E-state index is 0.622. The highest BCUT2D eigenvalue weighted by atomic mass is 15.1. The summed E-state index contributed by atoms with van der Waals surface area (Å²) in [6.45, 7) is -0.541. The number of rotatable bonds is 0. The summed E-state index contributed by atoms with van der Waals surface area (Å²) in [5.74, 6) is 0. The second-order valence-electron chi connectivity index (χ2n) is 1.88. The molecule has 0 unspecified atom stereocenters. The van der Waals surface area contributed by atoms with Crippen molar-refractivity contribution in [3.63, 3.8) is 0 Å². The molecule has 1 fully saturated rings. The molecule has 1 aliphatic rings. The fourth-order valence-electron chi connectivity index (χ4n) is 0.765. The Morgan fingerprint density at radius 2 is 2.86 bits per heavy atom. The van der Waals surface area contributed by atoms with Gasteiger partial charge in [0.15, 0.2) is 0 Å². The summed E-state index contributed by atoms with van der Waals surface area (Å²) < 4.78 is 21.2. The van der Waals surface area contributed by atoms with Crippen molar-refractivity contribution in [3.8, 4) is 0 Å². The van der Waals surface area contributed by atoms with Crippen molar-refractivity contribution < 1.29 is 4.11 Å². The van der Waals surface area contributed by atoms with Gasteiger partial charge in [0.05, 0.1) is 0 Å². The lowest BCUT2D eigenvalue weighted by Gasteiger charge is -2.20. The molecule has 7 heavy (non-hydrogen) atoms. The fourth-order valence-corrected chi connectivity index (χ4v) is 0.765. The quantitative estimate of drug-likeness (QED) is 0.438. The molecule has 1 heterocycles. The Labute approximate surface area is 49.5 Å². The van der Waals surface area contributed by atoms with Gasteiger partial charge in [0.1, 0.15) is 0 Å². The highest BCUT2D eigenvalue weighted by Gasteiger charge is 2.02. The normalized spacial score (nSPS) is 33.4. The van der Waals surface area contributed by atoms with Crippen LogP contribution in [-0.4, -0.2) is 25.0 Å². The predicted molar refractivity (Wildman–Crippen MR) is 31.0 cm³/mol. The highest BCUT2D eigenvalue weighted by Crippen LogP contribution is 2.03. The summed E-state index contributed by atoms with van der Waals surface area (Å²) in [4.78, 5) is 1.52. The summed E-state index contributed by atoms with van der Waals surface area (Å²) in [5.41, 5.74) is 0. The maximum Gasteiger partial charge on any atom is 0.0394 e. The second kappa shape index (κ2) is 2.31. The Kier molecular flexibility index (Phi) is 0.824. The van der Waals surface area contributed by atoms with Gasteiger partial charge in [-0.25, -0.2) is 0 Å². The molecular formula is C6H12N. The van der Waals surface area contributed by atoms with Crippen LogP contribution in [-0.2, 0) is 0 Å². The van der Waals surface area contributed by atoms with E-state index in [-0.39, 0.29) is 0 Å². The maximum atomic E-state index is 7.07. The van der Waals surface area contributed by atoms with Crippen LogP contribution in [0.15, 0.2) is 0 Å². The lowest BCUT2D eigenvalue weighted by molar-refractivity contribution is 0.319. The molecule has 0 aromatic heterocycles. The summed E-state index contributed by atoms with van der Waals surface area (Å²) in [6.07, 6.45) is 4.07. The van der Waals surface area contributed by atoms with Crippen LogP contribution in [0.1, 0.15) is 17.0 Å². The molecule has 0 N–H and O–H groups in total. The van der Waals surface area contributed by atoms with E-state index in [1.54, 1.807) is 0 Å². The van der Waals surface area contributed by atoms with Gasteiger partial charge in [0.25, 0.3) is 0 Å². The molecule has 0 aromatic rings. The molecular weight excluding hydrogens is 86.1 g/mol. The molecule has 0 aromatic carbocycles. The van der Waals surface area contributed by atoms with Crippen LogP contribution in [0.25, 0.3) is 0 Å². The minimum Gasteiger partial charge on any atom is -0.306 e. The number of hydrogen-bond donors (Lipinski definition) is 0. The van der Waals surface area contributed by atoms with Crippen molar-refractivity contribution in [1.82, 2.24) is 4.90 Å². The van der Waals surface area contributed by atoms with E-state index in [9.17, 15) is 0 Å². The number of hydrogen-bond acceptors (Lipinski definition) is 1. The molecule has 1 aliphatic heterocycles. The number of nitrogens with zero attached hydrogens (tertiary/aromatic N) is 1. The third-order valence-corrected chi connectivity index (χ3v) is 1.19. The van der Waals surface area contributed by atoms with E-state index in [4.69, 9.17) is 4.11 Å². The summed E-state index contributed by atoms with van der Waals surface area (Å²) in [5, 5.41) is 0. The van der Waals surface area contributed by atoms with Crippen LogP contribution in [0, 0.1) is 6.42 Å². The molecule has 1 heteroatoms. The Hall–Kier alpha value is -0.0400. The van der Waals surface area contributed by atoms with E-state index in [1.165, 1.54) is 4.90 Å². The first-order valence-corrected chi connectivity index (χ1v) is 2.67. The molecule has 0 bridgehead atoms. The van der Waals surface area contributed by atoms with Crippen molar-refractivity contribution in [1.29, 1.82) is 0 Å². The van der Waals surface area contributed by atoms with Crippen LogP contribution in [0.5, 0.6) is 0 Å². The average Bonchev–Trinajstić information content (AvgIpc) is 1.88. The number of piperidine rings is 1. The molecule has 0 spiro atoms. The van der Waals surface area contributed by atoms with Gasteiger partial charge < -0.3 is 4.90 Å². The SMILES string of the molecule is [2H]C([2H])([2H])N1C[CH]CCC1. The Bertz CT molecular complexity index is 104. The van der Waals surface area contributed by atoms with E-state index < -0.39 is 6.98 Å². The molecule has 0 atom stereocenters. The van der Waals surface area contributed by atoms with Crippen molar-refractivity contribution in [3.05, 3.63) is 6.42 Å². The molecule has 1 saturated heterocycles. The standard InChI is InChI=1S/C6H12N/c1-7-5-3-2-4-6-7/h3H,2,4-6H2,1H3/i1D3. The van der Waals surface area contributed by atoms with Crippen molar-refractivity contribution >= 4 is 0 Å². The lowest BCUT2D eigenvalue weighted by atomic mass is 10.1. The largest absolute Gasteiger partial charge is 0.306 e. The second-order valence-corrected chi connectivity index (χ2v) is 1.88. The summed E-state index contributed by atoms with van der Waals surface area (Å²) in [7, 11) is 0. The van der Waals surface area contributed by atoms with Crippen molar-refractivity contribution in [2.75, 3.05) is 20.1 Å².